The molecule has 0 aromatic heterocycles. The maximum Gasteiger partial charge on any atom is 0.232 e. The number of aryl methyl sites for hydroxylation is 1. The largest absolute Gasteiger partial charge is 0.326 e. The molecule has 1 amide bonds. The summed E-state index contributed by atoms with van der Waals surface area (Å²) in [6, 6.07) is 17.9. The predicted molar refractivity (Wildman–Crippen MR) is 85.9 cm³/mol. The van der Waals surface area contributed by atoms with E-state index in [2.05, 4.69) is 36.5 Å². The van der Waals surface area contributed by atoms with Crippen LogP contribution in [-0.2, 0) is 4.79 Å². The van der Waals surface area contributed by atoms with Gasteiger partial charge >= 0.3 is 0 Å². The minimum Gasteiger partial charge on any atom is -0.326 e. The molecule has 0 unspecified atom stereocenters. The maximum absolute atomic E-state index is 12.0. The van der Waals surface area contributed by atoms with Gasteiger partial charge in [0.1, 0.15) is 0 Å². The first-order valence-electron chi connectivity index (χ1n) is 6.53. The van der Waals surface area contributed by atoms with Gasteiger partial charge in [0.25, 0.3) is 0 Å². The van der Waals surface area contributed by atoms with E-state index in [1.807, 2.05) is 37.3 Å². The van der Waals surface area contributed by atoms with Crippen LogP contribution >= 0.6 is 11.8 Å². The van der Waals surface area contributed by atoms with E-state index in [0.29, 0.717) is 5.75 Å². The molecular formula is C17H18NOS. The second-order valence-electron chi connectivity index (χ2n) is 4.70. The zero-order chi connectivity index (χ0) is 14.4. The first kappa shape index (κ1) is 14.7. The van der Waals surface area contributed by atoms with Crippen molar-refractivity contribution >= 4 is 23.4 Å². The second-order valence-corrected chi connectivity index (χ2v) is 5.75. The van der Waals surface area contributed by atoms with E-state index < -0.39 is 0 Å². The van der Waals surface area contributed by atoms with Gasteiger partial charge in [0.15, 0.2) is 0 Å². The van der Waals surface area contributed by atoms with Crippen LogP contribution in [0.4, 0.5) is 5.69 Å². The van der Waals surface area contributed by atoms with Crippen LogP contribution in [0.25, 0.3) is 0 Å². The molecule has 2 aromatic carbocycles. The Hall–Kier alpha value is -1.74. The van der Waals surface area contributed by atoms with Crippen molar-refractivity contribution in [2.75, 3.05) is 11.1 Å². The van der Waals surface area contributed by atoms with Crippen LogP contribution in [-0.4, -0.2) is 11.7 Å². The van der Waals surface area contributed by atoms with Crippen LogP contribution in [0.5, 0.6) is 0 Å². The average molecular weight is 284 g/mol. The van der Waals surface area contributed by atoms with Gasteiger partial charge in [-0.2, -0.15) is 0 Å². The summed E-state index contributed by atoms with van der Waals surface area (Å²) in [5.41, 5.74) is 2.08. The van der Waals surface area contributed by atoms with E-state index in [9.17, 15) is 4.79 Å². The van der Waals surface area contributed by atoms with Crippen molar-refractivity contribution in [1.29, 1.82) is 0 Å². The quantitative estimate of drug-likeness (QED) is 0.828. The summed E-state index contributed by atoms with van der Waals surface area (Å²) < 4.78 is 0. The summed E-state index contributed by atoms with van der Waals surface area (Å²) in [5.74, 6) is 1.50. The van der Waals surface area contributed by atoms with Crippen molar-refractivity contribution in [3.8, 4) is 0 Å². The fraction of sp³-hybridized carbons (Fsp3) is 0.176. The Kier molecular flexibility index (Phi) is 5.24. The van der Waals surface area contributed by atoms with Gasteiger partial charge in [0.05, 0.1) is 5.92 Å². The minimum absolute atomic E-state index is 0.0178. The molecule has 2 nitrogen and oxygen atoms in total. The highest BCUT2D eigenvalue weighted by Gasteiger charge is 2.14. The van der Waals surface area contributed by atoms with Gasteiger partial charge in [-0.25, -0.2) is 0 Å². The number of carbonyl (C=O) groups excluding carboxylic acids is 1. The number of hydrogen-bond donors (Lipinski definition) is 1. The molecule has 0 spiro atoms. The van der Waals surface area contributed by atoms with Crippen molar-refractivity contribution in [1.82, 2.24) is 0 Å². The van der Waals surface area contributed by atoms with E-state index in [0.717, 1.165) is 11.6 Å². The van der Waals surface area contributed by atoms with Crippen LogP contribution in [0.15, 0.2) is 59.5 Å². The summed E-state index contributed by atoms with van der Waals surface area (Å²) in [4.78, 5) is 13.2. The number of anilines is 1. The average Bonchev–Trinajstić information content (AvgIpc) is 2.47. The molecular weight excluding hydrogens is 266 g/mol. The summed E-state index contributed by atoms with van der Waals surface area (Å²) in [5, 5.41) is 2.90. The van der Waals surface area contributed by atoms with E-state index in [1.165, 1.54) is 10.5 Å². The number of carbonyl (C=O) groups is 1. The fourth-order valence-corrected chi connectivity index (χ4v) is 2.49. The molecule has 1 N–H and O–H groups in total. The third-order valence-electron chi connectivity index (χ3n) is 2.90. The highest BCUT2D eigenvalue weighted by atomic mass is 32.2. The maximum atomic E-state index is 12.0. The molecule has 0 atom stereocenters. The molecule has 0 aliphatic rings. The lowest BCUT2D eigenvalue weighted by atomic mass is 10.2. The van der Waals surface area contributed by atoms with Crippen LogP contribution in [0.2, 0.25) is 0 Å². The lowest BCUT2D eigenvalue weighted by Crippen LogP contribution is -2.20. The number of amides is 1. The van der Waals surface area contributed by atoms with Crippen molar-refractivity contribution in [2.24, 2.45) is 0 Å². The molecule has 0 bridgehead atoms. The topological polar surface area (TPSA) is 29.1 Å². The van der Waals surface area contributed by atoms with Crippen LogP contribution in [0.3, 0.4) is 0 Å². The number of para-hydroxylation sites is 1. The lowest BCUT2D eigenvalue weighted by molar-refractivity contribution is -0.114. The highest BCUT2D eigenvalue weighted by Crippen LogP contribution is 2.22. The first-order valence-corrected chi connectivity index (χ1v) is 7.52. The molecule has 0 fully saturated rings. The summed E-state index contributed by atoms with van der Waals surface area (Å²) in [6.07, 6.45) is 0. The van der Waals surface area contributed by atoms with Gasteiger partial charge in [0, 0.05) is 16.3 Å². The standard InChI is InChI=1S/C17H18NOS/c1-13-8-10-16(11-9-13)20-12-14(2)17(19)18-15-6-4-3-5-7-15/h3-11H,12H2,1-2H3,(H,18,19). The third-order valence-corrected chi connectivity index (χ3v) is 4.08. The predicted octanol–water partition coefficient (Wildman–Crippen LogP) is 4.32. The molecule has 20 heavy (non-hydrogen) atoms. The fourth-order valence-electron chi connectivity index (χ4n) is 1.65. The Morgan fingerprint density at radius 3 is 2.35 bits per heavy atom. The SMILES string of the molecule is C[C](CSc1ccc(C)cc1)C(=O)Nc1ccccc1. The Morgan fingerprint density at radius 1 is 1.05 bits per heavy atom. The lowest BCUT2D eigenvalue weighted by Gasteiger charge is -2.11. The molecule has 0 saturated heterocycles. The third kappa shape index (κ3) is 4.42. The van der Waals surface area contributed by atoms with Gasteiger partial charge in [-0.3, -0.25) is 4.79 Å². The molecule has 2 rings (SSSR count). The van der Waals surface area contributed by atoms with Crippen molar-refractivity contribution in [2.45, 2.75) is 18.7 Å². The highest BCUT2D eigenvalue weighted by molar-refractivity contribution is 7.99. The van der Waals surface area contributed by atoms with E-state index in [1.54, 1.807) is 11.8 Å². The summed E-state index contributed by atoms with van der Waals surface area (Å²) in [6.45, 7) is 3.94. The normalized spacial score (nSPS) is 10.6. The number of benzene rings is 2. The van der Waals surface area contributed by atoms with Crippen LogP contribution in [0.1, 0.15) is 12.5 Å². The van der Waals surface area contributed by atoms with Crippen molar-refractivity contribution in [3.63, 3.8) is 0 Å². The Balaban J connectivity index is 1.83. The smallest absolute Gasteiger partial charge is 0.232 e. The molecule has 0 aliphatic carbocycles. The van der Waals surface area contributed by atoms with Crippen LogP contribution < -0.4 is 5.32 Å². The van der Waals surface area contributed by atoms with Crippen LogP contribution in [0, 0.1) is 12.8 Å². The number of hydrogen-bond acceptors (Lipinski definition) is 2. The minimum atomic E-state index is -0.0178. The molecule has 103 valence electrons. The number of nitrogens with one attached hydrogen (secondary N) is 1. The van der Waals surface area contributed by atoms with E-state index in [-0.39, 0.29) is 5.91 Å². The molecule has 0 saturated carbocycles. The molecule has 3 heteroatoms. The summed E-state index contributed by atoms with van der Waals surface area (Å²) >= 11 is 1.68. The van der Waals surface area contributed by atoms with Gasteiger partial charge in [-0.05, 0) is 38.1 Å². The monoisotopic (exact) mass is 284 g/mol. The number of thioether (sulfide) groups is 1. The van der Waals surface area contributed by atoms with E-state index in [4.69, 9.17) is 0 Å². The second kappa shape index (κ2) is 7.15. The van der Waals surface area contributed by atoms with Gasteiger partial charge in [0.2, 0.25) is 5.91 Å². The summed E-state index contributed by atoms with van der Waals surface area (Å²) in [7, 11) is 0. The van der Waals surface area contributed by atoms with Gasteiger partial charge in [-0.15, -0.1) is 11.8 Å². The van der Waals surface area contributed by atoms with Gasteiger partial charge in [-0.1, -0.05) is 35.9 Å². The zero-order valence-corrected chi connectivity index (χ0v) is 12.5. The van der Waals surface area contributed by atoms with E-state index >= 15 is 0 Å². The Morgan fingerprint density at radius 2 is 1.70 bits per heavy atom. The van der Waals surface area contributed by atoms with Crippen molar-refractivity contribution in [3.05, 3.63) is 66.1 Å². The zero-order valence-electron chi connectivity index (χ0n) is 11.7. The molecule has 0 heterocycles. The molecule has 2 aromatic rings. The number of rotatable bonds is 5. The Labute approximate surface area is 124 Å². The molecule has 1 radical (unpaired) electrons. The van der Waals surface area contributed by atoms with Gasteiger partial charge < -0.3 is 5.32 Å². The first-order chi connectivity index (χ1) is 9.65. The van der Waals surface area contributed by atoms with Crippen molar-refractivity contribution < 1.29 is 4.79 Å². The Bertz CT molecular complexity index is 551. The molecule has 0 aliphatic heterocycles.